The standard InChI is InChI=1S/C17H21NO2/c1-16(2)10-15(20)14(17(3,4)18-16)9-12-5-7-13(11-19)8-6-12/h5-9,11,18H,10H2,1-4H3/b14-9-. The number of piperidine rings is 1. The summed E-state index contributed by atoms with van der Waals surface area (Å²) < 4.78 is 0. The van der Waals surface area contributed by atoms with Crippen LogP contribution in [-0.4, -0.2) is 23.1 Å². The fourth-order valence-electron chi connectivity index (χ4n) is 2.90. The van der Waals surface area contributed by atoms with E-state index in [1.165, 1.54) is 0 Å². The van der Waals surface area contributed by atoms with Crippen LogP contribution < -0.4 is 5.32 Å². The molecule has 1 N–H and O–H groups in total. The second-order valence-electron chi connectivity index (χ2n) is 6.58. The first-order valence-electron chi connectivity index (χ1n) is 6.83. The number of rotatable bonds is 2. The van der Waals surface area contributed by atoms with Crippen LogP contribution in [-0.2, 0) is 4.79 Å². The highest BCUT2D eigenvalue weighted by molar-refractivity contribution is 6.03. The Morgan fingerprint density at radius 1 is 1.05 bits per heavy atom. The third-order valence-electron chi connectivity index (χ3n) is 3.61. The van der Waals surface area contributed by atoms with E-state index < -0.39 is 0 Å². The Morgan fingerprint density at radius 3 is 2.10 bits per heavy atom. The maximum atomic E-state index is 12.4. The van der Waals surface area contributed by atoms with E-state index in [-0.39, 0.29) is 16.9 Å². The molecule has 3 nitrogen and oxygen atoms in total. The predicted molar refractivity (Wildman–Crippen MR) is 80.7 cm³/mol. The summed E-state index contributed by atoms with van der Waals surface area (Å²) in [6, 6.07) is 7.24. The zero-order chi connectivity index (χ0) is 15.0. The summed E-state index contributed by atoms with van der Waals surface area (Å²) in [5.74, 6) is 0.179. The minimum absolute atomic E-state index is 0.179. The molecule has 0 unspecified atom stereocenters. The lowest BCUT2D eigenvalue weighted by Crippen LogP contribution is -2.59. The largest absolute Gasteiger partial charge is 0.302 e. The second-order valence-corrected chi connectivity index (χ2v) is 6.58. The van der Waals surface area contributed by atoms with Crippen molar-refractivity contribution in [2.45, 2.75) is 45.2 Å². The molecule has 0 atom stereocenters. The number of hydrogen-bond acceptors (Lipinski definition) is 3. The Balaban J connectivity index is 2.36. The van der Waals surface area contributed by atoms with Gasteiger partial charge in [-0.25, -0.2) is 0 Å². The zero-order valence-electron chi connectivity index (χ0n) is 12.5. The Bertz CT molecular complexity index is 565. The highest BCUT2D eigenvalue weighted by Crippen LogP contribution is 2.31. The molecule has 1 fully saturated rings. The number of hydrogen-bond donors (Lipinski definition) is 1. The molecule has 0 aromatic heterocycles. The summed E-state index contributed by atoms with van der Waals surface area (Å²) in [5, 5.41) is 3.51. The normalized spacial score (nSPS) is 22.8. The number of aldehydes is 1. The van der Waals surface area contributed by atoms with Gasteiger partial charge in [-0.15, -0.1) is 0 Å². The van der Waals surface area contributed by atoms with Crippen LogP contribution in [0.15, 0.2) is 29.8 Å². The minimum Gasteiger partial charge on any atom is -0.302 e. The van der Waals surface area contributed by atoms with Crippen molar-refractivity contribution < 1.29 is 9.59 Å². The van der Waals surface area contributed by atoms with E-state index in [0.717, 1.165) is 17.4 Å². The van der Waals surface area contributed by atoms with Gasteiger partial charge in [0.05, 0.1) is 0 Å². The summed E-state index contributed by atoms with van der Waals surface area (Å²) >= 11 is 0. The van der Waals surface area contributed by atoms with Crippen LogP contribution in [0.1, 0.15) is 50.0 Å². The molecule has 1 aromatic rings. The summed E-state index contributed by atoms with van der Waals surface area (Å²) in [4.78, 5) is 23.0. The number of carbonyl (C=O) groups is 2. The van der Waals surface area contributed by atoms with Crippen LogP contribution in [0.4, 0.5) is 0 Å². The summed E-state index contributed by atoms with van der Waals surface area (Å²) in [6.45, 7) is 8.14. The molecule has 2 rings (SSSR count). The number of benzene rings is 1. The van der Waals surface area contributed by atoms with E-state index >= 15 is 0 Å². The summed E-state index contributed by atoms with van der Waals surface area (Å²) in [6.07, 6.45) is 3.23. The smallest absolute Gasteiger partial charge is 0.162 e. The van der Waals surface area contributed by atoms with Gasteiger partial charge in [0.25, 0.3) is 0 Å². The highest BCUT2D eigenvalue weighted by atomic mass is 16.1. The van der Waals surface area contributed by atoms with Gasteiger partial charge in [-0.2, -0.15) is 0 Å². The highest BCUT2D eigenvalue weighted by Gasteiger charge is 2.40. The first kappa shape index (κ1) is 14.7. The van der Waals surface area contributed by atoms with Crippen molar-refractivity contribution in [3.05, 3.63) is 41.0 Å². The number of nitrogens with one attached hydrogen (secondary N) is 1. The molecule has 1 aromatic carbocycles. The van der Waals surface area contributed by atoms with Gasteiger partial charge in [-0.05, 0) is 39.3 Å². The lowest BCUT2D eigenvalue weighted by atomic mass is 9.77. The Morgan fingerprint density at radius 2 is 1.60 bits per heavy atom. The Kier molecular flexibility index (Phi) is 3.65. The Labute approximate surface area is 120 Å². The van der Waals surface area contributed by atoms with Crippen molar-refractivity contribution in [1.82, 2.24) is 5.32 Å². The molecule has 106 valence electrons. The molecule has 20 heavy (non-hydrogen) atoms. The topological polar surface area (TPSA) is 46.2 Å². The quantitative estimate of drug-likeness (QED) is 0.664. The lowest BCUT2D eigenvalue weighted by Gasteiger charge is -2.43. The molecule has 1 aliphatic rings. The van der Waals surface area contributed by atoms with Gasteiger partial charge in [0.1, 0.15) is 6.29 Å². The monoisotopic (exact) mass is 271 g/mol. The SMILES string of the molecule is CC1(C)CC(=O)/C(=C/c2ccc(C=O)cc2)C(C)(C)N1. The number of carbonyl (C=O) groups excluding carboxylic acids is 2. The number of ketones is 1. The van der Waals surface area contributed by atoms with E-state index in [1.807, 2.05) is 45.9 Å². The van der Waals surface area contributed by atoms with Gasteiger partial charge in [0.2, 0.25) is 0 Å². The second kappa shape index (κ2) is 4.98. The number of Topliss-reactive ketones (excluding diaryl/α,β-unsaturated/α-hetero) is 1. The average Bonchev–Trinajstić information content (AvgIpc) is 2.32. The van der Waals surface area contributed by atoms with Crippen LogP contribution in [0.2, 0.25) is 0 Å². The zero-order valence-corrected chi connectivity index (χ0v) is 12.5. The van der Waals surface area contributed by atoms with Crippen molar-refractivity contribution >= 4 is 18.1 Å². The van der Waals surface area contributed by atoms with Gasteiger partial charge >= 0.3 is 0 Å². The maximum absolute atomic E-state index is 12.4. The molecule has 0 radical (unpaired) electrons. The first-order valence-corrected chi connectivity index (χ1v) is 6.83. The lowest BCUT2D eigenvalue weighted by molar-refractivity contribution is -0.119. The first-order chi connectivity index (χ1) is 9.23. The van der Waals surface area contributed by atoms with E-state index in [1.54, 1.807) is 12.1 Å². The van der Waals surface area contributed by atoms with Crippen LogP contribution in [0.5, 0.6) is 0 Å². The van der Waals surface area contributed by atoms with Crippen molar-refractivity contribution in [3.63, 3.8) is 0 Å². The molecule has 1 aliphatic heterocycles. The molecular formula is C17H21NO2. The van der Waals surface area contributed by atoms with Crippen molar-refractivity contribution in [1.29, 1.82) is 0 Å². The molecule has 1 heterocycles. The van der Waals surface area contributed by atoms with Gasteiger partial charge < -0.3 is 5.32 Å². The third kappa shape index (κ3) is 3.05. The van der Waals surface area contributed by atoms with Crippen LogP contribution in [0, 0.1) is 0 Å². The molecule has 0 bridgehead atoms. The van der Waals surface area contributed by atoms with E-state index in [9.17, 15) is 9.59 Å². The van der Waals surface area contributed by atoms with Crippen molar-refractivity contribution in [2.75, 3.05) is 0 Å². The molecule has 1 saturated heterocycles. The fraction of sp³-hybridized carbons (Fsp3) is 0.412. The van der Waals surface area contributed by atoms with E-state index in [2.05, 4.69) is 5.32 Å². The van der Waals surface area contributed by atoms with Gasteiger partial charge in [0, 0.05) is 28.6 Å². The van der Waals surface area contributed by atoms with Gasteiger partial charge in [-0.1, -0.05) is 24.3 Å². The van der Waals surface area contributed by atoms with Gasteiger partial charge in [-0.3, -0.25) is 9.59 Å². The minimum atomic E-state index is -0.359. The van der Waals surface area contributed by atoms with Crippen LogP contribution in [0.25, 0.3) is 6.08 Å². The fourth-order valence-corrected chi connectivity index (χ4v) is 2.90. The molecular weight excluding hydrogens is 250 g/mol. The molecule has 0 amide bonds. The maximum Gasteiger partial charge on any atom is 0.162 e. The van der Waals surface area contributed by atoms with E-state index in [0.29, 0.717) is 12.0 Å². The molecule has 3 heteroatoms. The van der Waals surface area contributed by atoms with Crippen molar-refractivity contribution in [2.24, 2.45) is 0 Å². The summed E-state index contributed by atoms with van der Waals surface area (Å²) in [7, 11) is 0. The summed E-state index contributed by atoms with van der Waals surface area (Å²) in [5.41, 5.74) is 1.83. The van der Waals surface area contributed by atoms with Crippen LogP contribution >= 0.6 is 0 Å². The molecule has 0 saturated carbocycles. The molecule has 0 aliphatic carbocycles. The Hall–Kier alpha value is -1.74. The predicted octanol–water partition coefficient (Wildman–Crippen LogP) is 3.00. The third-order valence-corrected chi connectivity index (χ3v) is 3.61. The average molecular weight is 271 g/mol. The molecule has 0 spiro atoms. The van der Waals surface area contributed by atoms with Crippen LogP contribution in [0.3, 0.4) is 0 Å². The van der Waals surface area contributed by atoms with E-state index in [4.69, 9.17) is 0 Å². The van der Waals surface area contributed by atoms with Crippen molar-refractivity contribution in [3.8, 4) is 0 Å². The van der Waals surface area contributed by atoms with Gasteiger partial charge in [0.15, 0.2) is 5.78 Å².